The molecule has 178 valence electrons. The van der Waals surface area contributed by atoms with Crippen LogP contribution >= 0.6 is 0 Å². The van der Waals surface area contributed by atoms with E-state index in [1.165, 1.54) is 47.8 Å². The van der Waals surface area contributed by atoms with Crippen LogP contribution in [0.2, 0.25) is 0 Å². The van der Waals surface area contributed by atoms with Crippen LogP contribution in [-0.4, -0.2) is 46.0 Å². The average Bonchev–Trinajstić information content (AvgIpc) is 3.51. The number of carbonyl (C=O) groups is 1. The van der Waals surface area contributed by atoms with Crippen LogP contribution in [0.5, 0.6) is 0 Å². The fourth-order valence-corrected chi connectivity index (χ4v) is 6.41. The zero-order valence-electron chi connectivity index (χ0n) is 20.3. The molecule has 6 rings (SSSR count). The van der Waals surface area contributed by atoms with Crippen molar-refractivity contribution in [3.05, 3.63) is 59.3 Å². The third-order valence-electron chi connectivity index (χ3n) is 8.49. The molecule has 2 aliphatic heterocycles. The second-order valence-electron chi connectivity index (χ2n) is 10.7. The van der Waals surface area contributed by atoms with E-state index in [1.54, 1.807) is 0 Å². The van der Waals surface area contributed by atoms with Crippen molar-refractivity contribution in [3.8, 4) is 5.69 Å². The number of carbonyl (C=O) groups excluding carboxylic acids is 1. The van der Waals surface area contributed by atoms with E-state index in [1.807, 2.05) is 18.2 Å². The predicted molar refractivity (Wildman–Crippen MR) is 138 cm³/mol. The first-order valence-electron chi connectivity index (χ1n) is 13.1. The maximum atomic E-state index is 13.4. The summed E-state index contributed by atoms with van der Waals surface area (Å²) < 4.78 is 2.41. The lowest BCUT2D eigenvalue weighted by atomic mass is 9.98. The monoisotopic (exact) mass is 456 g/mol. The molecule has 0 spiro atoms. The highest BCUT2D eigenvalue weighted by molar-refractivity contribution is 6.00. The molecule has 0 radical (unpaired) electrons. The minimum atomic E-state index is 0.186. The fourth-order valence-electron chi connectivity index (χ4n) is 6.41. The number of fused-ring (bicyclic) bond motifs is 3. The number of nitrogens with zero attached hydrogens (tertiary/aromatic N) is 3. The molecule has 5 heteroatoms. The molecule has 1 saturated heterocycles. The van der Waals surface area contributed by atoms with E-state index >= 15 is 0 Å². The van der Waals surface area contributed by atoms with Crippen molar-refractivity contribution < 1.29 is 4.79 Å². The van der Waals surface area contributed by atoms with Crippen molar-refractivity contribution in [3.63, 3.8) is 0 Å². The van der Waals surface area contributed by atoms with Gasteiger partial charge < -0.3 is 15.2 Å². The lowest BCUT2D eigenvalue weighted by Crippen LogP contribution is -2.38. The number of piperidine rings is 1. The van der Waals surface area contributed by atoms with Gasteiger partial charge in [-0.15, -0.1) is 0 Å². The maximum absolute atomic E-state index is 13.4. The smallest absolute Gasteiger partial charge is 0.253 e. The standard InChI is InChI=1S/C29H36N4O/c1-20-12-15-31(16-13-20)29(34)21-6-11-27-25(18-21)26-19-32(23-4-2-3-5-23)17-14-28(26)33(27)24-9-7-22(30)8-10-24/h6-11,18,20,23H,2-5,12-17,19,30H2,1H3. The zero-order chi connectivity index (χ0) is 23.2. The minimum absolute atomic E-state index is 0.186. The molecule has 2 N–H and O–H groups in total. The summed E-state index contributed by atoms with van der Waals surface area (Å²) in [4.78, 5) is 18.1. The highest BCUT2D eigenvalue weighted by Crippen LogP contribution is 2.37. The number of benzene rings is 2. The number of aromatic nitrogens is 1. The molecule has 1 aromatic heterocycles. The van der Waals surface area contributed by atoms with Crippen LogP contribution in [0.15, 0.2) is 42.5 Å². The summed E-state index contributed by atoms with van der Waals surface area (Å²) in [5.41, 5.74) is 12.8. The average molecular weight is 457 g/mol. The second kappa shape index (κ2) is 8.77. The van der Waals surface area contributed by atoms with Gasteiger partial charge in [-0.05, 0) is 79.6 Å². The summed E-state index contributed by atoms with van der Waals surface area (Å²) in [5.74, 6) is 0.903. The molecule has 5 nitrogen and oxygen atoms in total. The Kier molecular flexibility index (Phi) is 5.60. The molecule has 3 aliphatic rings. The molecule has 3 heterocycles. The van der Waals surface area contributed by atoms with Crippen LogP contribution in [0, 0.1) is 5.92 Å². The van der Waals surface area contributed by atoms with E-state index in [4.69, 9.17) is 5.73 Å². The van der Waals surface area contributed by atoms with Crippen LogP contribution in [-0.2, 0) is 13.0 Å². The second-order valence-corrected chi connectivity index (χ2v) is 10.7. The largest absolute Gasteiger partial charge is 0.399 e. The van der Waals surface area contributed by atoms with E-state index in [-0.39, 0.29) is 5.91 Å². The van der Waals surface area contributed by atoms with Crippen LogP contribution in [0.3, 0.4) is 0 Å². The van der Waals surface area contributed by atoms with E-state index < -0.39 is 0 Å². The van der Waals surface area contributed by atoms with Gasteiger partial charge in [0.15, 0.2) is 0 Å². The topological polar surface area (TPSA) is 54.5 Å². The third kappa shape index (κ3) is 3.80. The Balaban J connectivity index is 1.43. The Morgan fingerprint density at radius 2 is 1.68 bits per heavy atom. The van der Waals surface area contributed by atoms with Gasteiger partial charge in [-0.3, -0.25) is 9.69 Å². The summed E-state index contributed by atoms with van der Waals surface area (Å²) in [5, 5.41) is 1.24. The van der Waals surface area contributed by atoms with Gasteiger partial charge >= 0.3 is 0 Å². The molecule has 1 aliphatic carbocycles. The molecular weight excluding hydrogens is 420 g/mol. The van der Waals surface area contributed by atoms with Gasteiger partial charge in [-0.25, -0.2) is 0 Å². The summed E-state index contributed by atoms with van der Waals surface area (Å²) in [6.07, 6.45) is 8.60. The number of likely N-dealkylation sites (tertiary alicyclic amines) is 1. The molecular formula is C29H36N4O. The molecule has 1 saturated carbocycles. The van der Waals surface area contributed by atoms with Gasteiger partial charge in [0, 0.05) is 66.7 Å². The molecule has 3 aromatic rings. The van der Waals surface area contributed by atoms with E-state index in [0.717, 1.165) is 62.4 Å². The van der Waals surface area contributed by atoms with Gasteiger partial charge in [0.05, 0.1) is 5.52 Å². The van der Waals surface area contributed by atoms with Crippen LogP contribution < -0.4 is 5.73 Å². The molecule has 2 aromatic carbocycles. The number of hydrogen-bond acceptors (Lipinski definition) is 3. The molecule has 0 atom stereocenters. The first-order valence-corrected chi connectivity index (χ1v) is 13.1. The number of rotatable bonds is 3. The van der Waals surface area contributed by atoms with Crippen LogP contribution in [0.1, 0.15) is 67.1 Å². The van der Waals surface area contributed by atoms with Crippen molar-refractivity contribution in [1.29, 1.82) is 0 Å². The lowest BCUT2D eigenvalue weighted by molar-refractivity contribution is 0.0697. The highest BCUT2D eigenvalue weighted by atomic mass is 16.2. The Morgan fingerprint density at radius 1 is 0.941 bits per heavy atom. The molecule has 0 unspecified atom stereocenters. The highest BCUT2D eigenvalue weighted by Gasteiger charge is 2.31. The summed E-state index contributed by atoms with van der Waals surface area (Å²) in [6.45, 7) is 6.13. The Hall–Kier alpha value is -2.79. The molecule has 34 heavy (non-hydrogen) atoms. The van der Waals surface area contributed by atoms with Gasteiger partial charge in [0.25, 0.3) is 5.91 Å². The van der Waals surface area contributed by atoms with Crippen molar-refractivity contribution in [2.24, 2.45) is 5.92 Å². The first-order chi connectivity index (χ1) is 16.6. The minimum Gasteiger partial charge on any atom is -0.399 e. The maximum Gasteiger partial charge on any atom is 0.253 e. The Bertz CT molecular complexity index is 1200. The number of anilines is 1. The number of amides is 1. The molecule has 1 amide bonds. The van der Waals surface area contributed by atoms with Crippen LogP contribution in [0.25, 0.3) is 16.6 Å². The number of nitrogen functional groups attached to an aromatic ring is 1. The molecule has 2 fully saturated rings. The van der Waals surface area contributed by atoms with Crippen molar-refractivity contribution in [1.82, 2.24) is 14.4 Å². The van der Waals surface area contributed by atoms with E-state index in [0.29, 0.717) is 12.0 Å². The van der Waals surface area contributed by atoms with Gasteiger partial charge in [-0.1, -0.05) is 19.8 Å². The van der Waals surface area contributed by atoms with Crippen molar-refractivity contribution >= 4 is 22.5 Å². The van der Waals surface area contributed by atoms with Crippen molar-refractivity contribution in [2.75, 3.05) is 25.4 Å². The SMILES string of the molecule is CC1CCN(C(=O)c2ccc3c(c2)c2c(n3-c3ccc(N)cc3)CCN(C3CCCC3)C2)CC1. The zero-order valence-corrected chi connectivity index (χ0v) is 20.3. The third-order valence-corrected chi connectivity index (χ3v) is 8.49. The Labute approximate surface area is 202 Å². The quantitative estimate of drug-likeness (QED) is 0.538. The molecule has 0 bridgehead atoms. The van der Waals surface area contributed by atoms with Gasteiger partial charge in [0.2, 0.25) is 0 Å². The van der Waals surface area contributed by atoms with E-state index in [2.05, 4.69) is 45.6 Å². The van der Waals surface area contributed by atoms with Gasteiger partial charge in [-0.2, -0.15) is 0 Å². The van der Waals surface area contributed by atoms with Crippen LogP contribution in [0.4, 0.5) is 5.69 Å². The van der Waals surface area contributed by atoms with Gasteiger partial charge in [0.1, 0.15) is 0 Å². The fraction of sp³-hybridized carbons (Fsp3) is 0.483. The van der Waals surface area contributed by atoms with E-state index in [9.17, 15) is 4.79 Å². The number of hydrogen-bond donors (Lipinski definition) is 1. The Morgan fingerprint density at radius 3 is 2.41 bits per heavy atom. The summed E-state index contributed by atoms with van der Waals surface area (Å²) in [6, 6.07) is 15.3. The predicted octanol–water partition coefficient (Wildman–Crippen LogP) is 5.39. The summed E-state index contributed by atoms with van der Waals surface area (Å²) in [7, 11) is 0. The number of nitrogens with two attached hydrogens (primary N) is 1. The van der Waals surface area contributed by atoms with Crippen molar-refractivity contribution in [2.45, 2.75) is 64.5 Å². The normalized spacial score (nSPS) is 20.2. The summed E-state index contributed by atoms with van der Waals surface area (Å²) >= 11 is 0. The first kappa shape index (κ1) is 21.7. The lowest BCUT2D eigenvalue weighted by Gasteiger charge is -2.33.